The van der Waals surface area contributed by atoms with Crippen LogP contribution >= 0.6 is 22.9 Å². The summed E-state index contributed by atoms with van der Waals surface area (Å²) in [5.74, 6) is -0.706. The van der Waals surface area contributed by atoms with Crippen LogP contribution in [-0.4, -0.2) is 35.7 Å². The van der Waals surface area contributed by atoms with Crippen LogP contribution in [-0.2, 0) is 9.53 Å². The van der Waals surface area contributed by atoms with E-state index >= 15 is 0 Å². The van der Waals surface area contributed by atoms with E-state index < -0.39 is 18.5 Å². The Kier molecular flexibility index (Phi) is 6.35. The van der Waals surface area contributed by atoms with Crippen LogP contribution in [0.1, 0.15) is 25.8 Å². The first-order chi connectivity index (χ1) is 15.8. The predicted octanol–water partition coefficient (Wildman–Crippen LogP) is 5.33. The number of nitrogens with one attached hydrogen (secondary N) is 1. The highest BCUT2D eigenvalue weighted by atomic mass is 35.5. The van der Waals surface area contributed by atoms with Gasteiger partial charge in [-0.3, -0.25) is 4.79 Å². The number of carbonyl (C=O) groups excluding carboxylic acids is 2. The van der Waals surface area contributed by atoms with Gasteiger partial charge in [0.1, 0.15) is 5.75 Å². The van der Waals surface area contributed by atoms with E-state index in [0.29, 0.717) is 33.2 Å². The van der Waals surface area contributed by atoms with Gasteiger partial charge in [-0.25, -0.2) is 9.78 Å². The van der Waals surface area contributed by atoms with E-state index in [4.69, 9.17) is 25.6 Å². The maximum absolute atomic E-state index is 12.9. The first-order valence-corrected chi connectivity index (χ1v) is 11.1. The molecule has 4 rings (SSSR count). The quantitative estimate of drug-likeness (QED) is 0.368. The summed E-state index contributed by atoms with van der Waals surface area (Å²) in [5.41, 5.74) is 2.90. The molecule has 1 aromatic carbocycles. The summed E-state index contributed by atoms with van der Waals surface area (Å²) in [6, 6.07) is 8.45. The minimum atomic E-state index is -0.678. The Morgan fingerprint density at radius 3 is 2.64 bits per heavy atom. The lowest BCUT2D eigenvalue weighted by atomic mass is 10.1. The third-order valence-corrected chi connectivity index (χ3v) is 6.19. The maximum atomic E-state index is 12.9. The summed E-state index contributed by atoms with van der Waals surface area (Å²) in [7, 11) is 1.50. The molecular weight excluding hydrogens is 466 g/mol. The van der Waals surface area contributed by atoms with Crippen molar-refractivity contribution < 1.29 is 23.6 Å². The van der Waals surface area contributed by atoms with Crippen LogP contribution in [0, 0.1) is 20.8 Å². The summed E-state index contributed by atoms with van der Waals surface area (Å²) >= 11 is 7.71. The zero-order valence-electron chi connectivity index (χ0n) is 18.3. The number of pyridine rings is 1. The van der Waals surface area contributed by atoms with Gasteiger partial charge in [0, 0.05) is 21.0 Å². The van der Waals surface area contributed by atoms with Crippen LogP contribution < -0.4 is 10.1 Å². The van der Waals surface area contributed by atoms with Crippen molar-refractivity contribution in [2.45, 2.75) is 20.8 Å². The van der Waals surface area contributed by atoms with Gasteiger partial charge < -0.3 is 19.3 Å². The van der Waals surface area contributed by atoms with Gasteiger partial charge in [0.05, 0.1) is 34.5 Å². The van der Waals surface area contributed by atoms with Gasteiger partial charge in [0.15, 0.2) is 6.61 Å². The van der Waals surface area contributed by atoms with Gasteiger partial charge >= 0.3 is 5.97 Å². The fourth-order valence-corrected chi connectivity index (χ4v) is 4.62. The molecule has 0 saturated carbocycles. The van der Waals surface area contributed by atoms with Gasteiger partial charge in [-0.05, 0) is 51.1 Å². The molecule has 0 aliphatic carbocycles. The molecule has 0 unspecified atom stereocenters. The molecule has 8 nitrogen and oxygen atoms in total. The molecule has 0 radical (unpaired) electrons. The average molecular weight is 486 g/mol. The Balaban J connectivity index is 1.55. The lowest BCUT2D eigenvalue weighted by Crippen LogP contribution is -2.21. The first-order valence-electron chi connectivity index (χ1n) is 9.91. The summed E-state index contributed by atoms with van der Waals surface area (Å²) in [4.78, 5) is 32.0. The fourth-order valence-electron chi connectivity index (χ4n) is 3.43. The van der Waals surface area contributed by atoms with Crippen molar-refractivity contribution in [3.63, 3.8) is 0 Å². The molecule has 1 amide bonds. The largest absolute Gasteiger partial charge is 0.495 e. The van der Waals surface area contributed by atoms with Crippen molar-refractivity contribution in [2.75, 3.05) is 19.0 Å². The smallest absolute Gasteiger partial charge is 0.339 e. The Morgan fingerprint density at radius 1 is 1.18 bits per heavy atom. The Hall–Kier alpha value is -3.43. The van der Waals surface area contributed by atoms with Crippen LogP contribution in [0.2, 0.25) is 5.02 Å². The molecule has 10 heteroatoms. The molecule has 0 aliphatic heterocycles. The number of rotatable bonds is 6. The molecule has 170 valence electrons. The number of halogens is 1. The van der Waals surface area contributed by atoms with E-state index in [1.165, 1.54) is 7.11 Å². The number of carbonyl (C=O) groups is 2. The number of hydrogen-bond acceptors (Lipinski definition) is 8. The number of anilines is 1. The highest BCUT2D eigenvalue weighted by Gasteiger charge is 2.22. The molecule has 0 saturated heterocycles. The second-order valence-electron chi connectivity index (χ2n) is 7.30. The molecule has 0 spiro atoms. The van der Waals surface area contributed by atoms with Crippen molar-refractivity contribution in [2.24, 2.45) is 0 Å². The first kappa shape index (κ1) is 22.8. The van der Waals surface area contributed by atoms with Crippen LogP contribution in [0.25, 0.3) is 22.4 Å². The molecule has 0 fully saturated rings. The topological polar surface area (TPSA) is 104 Å². The van der Waals surface area contributed by atoms with Crippen LogP contribution in [0.15, 0.2) is 34.9 Å². The summed E-state index contributed by atoms with van der Waals surface area (Å²) < 4.78 is 15.7. The molecule has 0 aliphatic rings. The number of esters is 1. The number of benzene rings is 1. The number of hydrogen-bond donors (Lipinski definition) is 1. The third-order valence-electron chi connectivity index (χ3n) is 4.92. The Labute approximate surface area is 198 Å². The number of ether oxygens (including phenoxy) is 2. The normalized spacial score (nSPS) is 10.9. The number of aryl methyl sites for hydroxylation is 3. The van der Waals surface area contributed by atoms with E-state index in [0.717, 1.165) is 15.3 Å². The number of amides is 1. The zero-order chi connectivity index (χ0) is 23.7. The maximum Gasteiger partial charge on any atom is 0.339 e. The van der Waals surface area contributed by atoms with Gasteiger partial charge in [-0.1, -0.05) is 16.8 Å². The molecule has 0 atom stereocenters. The van der Waals surface area contributed by atoms with Crippen LogP contribution in [0.4, 0.5) is 5.69 Å². The lowest BCUT2D eigenvalue weighted by molar-refractivity contribution is -0.119. The minimum absolute atomic E-state index is 0.234. The summed E-state index contributed by atoms with van der Waals surface area (Å²) in [6.07, 6.45) is 0. The van der Waals surface area contributed by atoms with E-state index in [9.17, 15) is 9.59 Å². The molecule has 33 heavy (non-hydrogen) atoms. The van der Waals surface area contributed by atoms with Crippen molar-refractivity contribution in [1.29, 1.82) is 0 Å². The Bertz CT molecular complexity index is 1380. The second-order valence-corrected chi connectivity index (χ2v) is 9.17. The highest BCUT2D eigenvalue weighted by molar-refractivity contribution is 7.12. The zero-order valence-corrected chi connectivity index (χ0v) is 19.9. The lowest BCUT2D eigenvalue weighted by Gasteiger charge is -2.09. The predicted molar refractivity (Wildman–Crippen MR) is 126 cm³/mol. The monoisotopic (exact) mass is 485 g/mol. The van der Waals surface area contributed by atoms with Crippen LogP contribution in [0.5, 0.6) is 5.75 Å². The summed E-state index contributed by atoms with van der Waals surface area (Å²) in [5, 5.41) is 7.37. The molecule has 3 aromatic heterocycles. The van der Waals surface area contributed by atoms with E-state index in [1.54, 1.807) is 42.5 Å². The van der Waals surface area contributed by atoms with Gasteiger partial charge in [0.25, 0.3) is 11.6 Å². The number of nitrogens with zero attached hydrogens (tertiary/aromatic N) is 2. The van der Waals surface area contributed by atoms with Crippen molar-refractivity contribution in [3.8, 4) is 17.0 Å². The van der Waals surface area contributed by atoms with Gasteiger partial charge in [0.2, 0.25) is 0 Å². The molecule has 1 N–H and O–H groups in total. The minimum Gasteiger partial charge on any atom is -0.495 e. The van der Waals surface area contributed by atoms with Crippen molar-refractivity contribution in [1.82, 2.24) is 10.1 Å². The van der Waals surface area contributed by atoms with E-state index in [1.807, 2.05) is 19.9 Å². The van der Waals surface area contributed by atoms with Gasteiger partial charge in [-0.2, -0.15) is 0 Å². The van der Waals surface area contributed by atoms with Crippen molar-refractivity contribution >= 4 is 51.6 Å². The standard InChI is InChI=1S/C23H20ClN3O5S/c1-11-7-15(13(3)33-11)18-9-16(21-12(2)27-32-22(21)26-18)23(29)31-10-20(28)25-14-5-6-19(30-4)17(24)8-14/h5-9H,10H2,1-4H3,(H,25,28). The van der Waals surface area contributed by atoms with Crippen molar-refractivity contribution in [3.05, 3.63) is 56.4 Å². The number of aromatic nitrogens is 2. The Morgan fingerprint density at radius 2 is 1.97 bits per heavy atom. The average Bonchev–Trinajstić information content (AvgIpc) is 3.32. The number of methoxy groups -OCH3 is 1. The highest BCUT2D eigenvalue weighted by Crippen LogP contribution is 2.33. The van der Waals surface area contributed by atoms with E-state index in [-0.39, 0.29) is 11.3 Å². The molecule has 0 bridgehead atoms. The molecule has 4 aromatic rings. The second kappa shape index (κ2) is 9.21. The van der Waals surface area contributed by atoms with Gasteiger partial charge in [-0.15, -0.1) is 11.3 Å². The number of thiophene rings is 1. The fraction of sp³-hybridized carbons (Fsp3) is 0.217. The van der Waals surface area contributed by atoms with E-state index in [2.05, 4.69) is 15.5 Å². The molecule has 3 heterocycles. The van der Waals surface area contributed by atoms with Crippen LogP contribution in [0.3, 0.4) is 0 Å². The third kappa shape index (κ3) is 4.69. The molecular formula is C23H20ClN3O5S. The SMILES string of the molecule is COc1ccc(NC(=O)COC(=O)c2cc(-c3cc(C)sc3C)nc3onc(C)c23)cc1Cl. The summed E-state index contributed by atoms with van der Waals surface area (Å²) in [6.45, 7) is 5.22. The number of fused-ring (bicyclic) bond motifs is 1.